The van der Waals surface area contributed by atoms with Crippen LogP contribution in [0, 0.1) is 5.92 Å². The lowest BCUT2D eigenvalue weighted by Gasteiger charge is -2.30. The number of rotatable bonds is 6. The van der Waals surface area contributed by atoms with Crippen molar-refractivity contribution in [3.05, 3.63) is 35.4 Å². The molecule has 1 aromatic carbocycles. The molecule has 164 valence electrons. The second-order valence-corrected chi connectivity index (χ2v) is 5.72. The molecule has 0 bridgehead atoms. The molecule has 0 aliphatic heterocycles. The van der Waals surface area contributed by atoms with E-state index < -0.39 is 59.4 Å². The van der Waals surface area contributed by atoms with Crippen molar-refractivity contribution in [3.8, 4) is 0 Å². The van der Waals surface area contributed by atoms with Crippen molar-refractivity contribution < 1.29 is 58.2 Å². The van der Waals surface area contributed by atoms with E-state index in [2.05, 4.69) is 4.74 Å². The molecule has 0 radical (unpaired) electrons. The molecule has 1 unspecified atom stereocenters. The summed E-state index contributed by atoms with van der Waals surface area (Å²) in [5, 5.41) is 0. The first-order valence-corrected chi connectivity index (χ1v) is 7.66. The van der Waals surface area contributed by atoms with Crippen LogP contribution >= 0.6 is 0 Å². The smallest absolute Gasteiger partial charge is 0.450 e. The van der Waals surface area contributed by atoms with Crippen molar-refractivity contribution in [3.63, 3.8) is 0 Å². The van der Waals surface area contributed by atoms with Crippen molar-refractivity contribution in [1.29, 1.82) is 0 Å². The average molecular weight is 442 g/mol. The Bertz CT molecular complexity index is 717. The quantitative estimate of drug-likeness (QED) is 0.360. The molecule has 0 fully saturated rings. The van der Waals surface area contributed by atoms with Crippen LogP contribution < -0.4 is 0 Å². The maximum Gasteiger partial charge on any atom is 0.450 e. The molecular formula is C16H12F10O3. The lowest BCUT2D eigenvalue weighted by Crippen LogP contribution is -2.50. The molecule has 0 amide bonds. The number of ketones is 1. The lowest BCUT2D eigenvalue weighted by molar-refractivity contribution is -0.348. The Morgan fingerprint density at radius 2 is 1.31 bits per heavy atom. The Kier molecular flexibility index (Phi) is 6.97. The Hall–Kier alpha value is -2.34. The SMILES string of the molecule is CCOC(=O)C(Cc1ccc(C(F)(C(F)(F)F)C(F)(F)F)cc1)C(=O)C(F)(F)F. The molecule has 0 spiro atoms. The highest BCUT2D eigenvalue weighted by atomic mass is 19.4. The van der Waals surface area contributed by atoms with Crippen LogP contribution in [0.4, 0.5) is 43.9 Å². The molecule has 13 heteroatoms. The molecule has 3 nitrogen and oxygen atoms in total. The van der Waals surface area contributed by atoms with E-state index in [1.54, 1.807) is 0 Å². The summed E-state index contributed by atoms with van der Waals surface area (Å²) in [6.45, 7) is 0.845. The number of hydrogen-bond donors (Lipinski definition) is 0. The van der Waals surface area contributed by atoms with Crippen LogP contribution in [0.25, 0.3) is 0 Å². The van der Waals surface area contributed by atoms with Gasteiger partial charge in [-0.15, -0.1) is 0 Å². The van der Waals surface area contributed by atoms with E-state index in [0.717, 1.165) is 0 Å². The zero-order chi connectivity index (χ0) is 22.8. The number of Topliss-reactive ketones (excluding diaryl/α,β-unsaturated/α-hetero) is 1. The summed E-state index contributed by atoms with van der Waals surface area (Å²) in [5.74, 6) is -6.52. The van der Waals surface area contributed by atoms with Gasteiger partial charge in [-0.2, -0.15) is 39.5 Å². The average Bonchev–Trinajstić information content (AvgIpc) is 2.56. The third-order valence-electron chi connectivity index (χ3n) is 3.74. The number of alkyl halides is 10. The van der Waals surface area contributed by atoms with Gasteiger partial charge >= 0.3 is 30.2 Å². The fourth-order valence-electron chi connectivity index (χ4n) is 2.32. The molecule has 0 heterocycles. The van der Waals surface area contributed by atoms with Crippen LogP contribution in [0.5, 0.6) is 0 Å². The molecule has 0 saturated heterocycles. The summed E-state index contributed by atoms with van der Waals surface area (Å²) in [6, 6.07) is 1.04. The van der Waals surface area contributed by atoms with Gasteiger partial charge in [0, 0.05) is 5.56 Å². The van der Waals surface area contributed by atoms with Crippen LogP contribution in [0.1, 0.15) is 18.1 Å². The molecule has 1 rings (SSSR count). The van der Waals surface area contributed by atoms with Crippen LogP contribution in [-0.2, 0) is 26.4 Å². The minimum absolute atomic E-state index is 0.0661. The predicted molar refractivity (Wildman–Crippen MR) is 76.2 cm³/mol. The van der Waals surface area contributed by atoms with Gasteiger partial charge in [-0.1, -0.05) is 24.3 Å². The summed E-state index contributed by atoms with van der Waals surface area (Å²) >= 11 is 0. The zero-order valence-electron chi connectivity index (χ0n) is 14.3. The maximum absolute atomic E-state index is 13.9. The standard InChI is InChI=1S/C16H12F10O3/c1-2-29-12(28)10(11(27)14(18,19)20)7-8-3-5-9(6-4-8)13(17,15(21,22)23)16(24,25)26/h3-6,10H,2,7H2,1H3. The van der Waals surface area contributed by atoms with Crippen LogP contribution in [0.15, 0.2) is 24.3 Å². The van der Waals surface area contributed by atoms with Gasteiger partial charge < -0.3 is 4.74 Å². The van der Waals surface area contributed by atoms with Gasteiger partial charge in [-0.3, -0.25) is 9.59 Å². The summed E-state index contributed by atoms with van der Waals surface area (Å²) in [5.41, 5.74) is -8.01. The molecule has 29 heavy (non-hydrogen) atoms. The van der Waals surface area contributed by atoms with Gasteiger partial charge in [0.2, 0.25) is 0 Å². The van der Waals surface area contributed by atoms with Gasteiger partial charge in [-0.05, 0) is 18.9 Å². The highest BCUT2D eigenvalue weighted by molar-refractivity contribution is 6.02. The largest absolute Gasteiger partial charge is 0.465 e. The number of halogens is 10. The Morgan fingerprint density at radius 3 is 1.66 bits per heavy atom. The zero-order valence-corrected chi connectivity index (χ0v) is 14.3. The molecule has 0 aromatic heterocycles. The Labute approximate surface area is 156 Å². The number of esters is 1. The van der Waals surface area contributed by atoms with Crippen molar-refractivity contribution in [2.45, 2.75) is 37.5 Å². The van der Waals surface area contributed by atoms with E-state index in [1.165, 1.54) is 6.92 Å². The number of carbonyl (C=O) groups is 2. The predicted octanol–water partition coefficient (Wildman–Crippen LogP) is 4.83. The van der Waals surface area contributed by atoms with Gasteiger partial charge in [-0.25, -0.2) is 4.39 Å². The fraction of sp³-hybridized carbons (Fsp3) is 0.500. The lowest BCUT2D eigenvalue weighted by atomic mass is 9.90. The Balaban J connectivity index is 3.28. The fourth-order valence-corrected chi connectivity index (χ4v) is 2.32. The third-order valence-corrected chi connectivity index (χ3v) is 3.74. The first-order valence-electron chi connectivity index (χ1n) is 7.66. The highest BCUT2D eigenvalue weighted by Gasteiger charge is 2.73. The highest BCUT2D eigenvalue weighted by Crippen LogP contribution is 2.53. The van der Waals surface area contributed by atoms with Crippen molar-refractivity contribution in [1.82, 2.24) is 0 Å². The molecule has 1 atom stereocenters. The molecule has 0 N–H and O–H groups in total. The van der Waals surface area contributed by atoms with Crippen molar-refractivity contribution >= 4 is 11.8 Å². The molecule has 0 saturated carbocycles. The third kappa shape index (κ3) is 5.18. The van der Waals surface area contributed by atoms with Crippen molar-refractivity contribution in [2.75, 3.05) is 6.61 Å². The van der Waals surface area contributed by atoms with E-state index >= 15 is 0 Å². The minimum atomic E-state index is -6.37. The van der Waals surface area contributed by atoms with E-state index in [0.29, 0.717) is 12.1 Å². The summed E-state index contributed by atoms with van der Waals surface area (Å²) < 4.78 is 132. The van der Waals surface area contributed by atoms with E-state index in [1.807, 2.05) is 0 Å². The first-order chi connectivity index (χ1) is 13.0. The number of benzene rings is 1. The Morgan fingerprint density at radius 1 is 0.862 bits per heavy atom. The number of carbonyl (C=O) groups excluding carboxylic acids is 2. The number of ether oxygens (including phenoxy) is 1. The molecule has 0 aliphatic carbocycles. The van der Waals surface area contributed by atoms with Crippen LogP contribution in [0.3, 0.4) is 0 Å². The van der Waals surface area contributed by atoms with Gasteiger partial charge in [0.1, 0.15) is 5.92 Å². The summed E-state index contributed by atoms with van der Waals surface area (Å²) in [4.78, 5) is 23.0. The molecular weight excluding hydrogens is 430 g/mol. The minimum Gasteiger partial charge on any atom is -0.465 e. The topological polar surface area (TPSA) is 43.4 Å². The second-order valence-electron chi connectivity index (χ2n) is 5.72. The van der Waals surface area contributed by atoms with E-state index in [-0.39, 0.29) is 18.7 Å². The van der Waals surface area contributed by atoms with Gasteiger partial charge in [0.05, 0.1) is 6.61 Å². The van der Waals surface area contributed by atoms with Gasteiger partial charge in [0.25, 0.3) is 5.78 Å². The van der Waals surface area contributed by atoms with E-state index in [9.17, 15) is 53.5 Å². The van der Waals surface area contributed by atoms with Crippen LogP contribution in [0.2, 0.25) is 0 Å². The summed E-state index contributed by atoms with van der Waals surface area (Å²) in [7, 11) is 0. The summed E-state index contributed by atoms with van der Waals surface area (Å²) in [6.07, 6.45) is -19.2. The number of hydrogen-bond acceptors (Lipinski definition) is 3. The van der Waals surface area contributed by atoms with E-state index in [4.69, 9.17) is 0 Å². The monoisotopic (exact) mass is 442 g/mol. The van der Waals surface area contributed by atoms with Gasteiger partial charge in [0.15, 0.2) is 0 Å². The normalized spacial score (nSPS) is 14.4. The second kappa shape index (κ2) is 8.19. The maximum atomic E-state index is 13.9. The molecule has 0 aliphatic rings. The van der Waals surface area contributed by atoms with Crippen LogP contribution in [-0.4, -0.2) is 36.9 Å². The molecule has 1 aromatic rings. The first kappa shape index (κ1) is 24.7. The van der Waals surface area contributed by atoms with Crippen molar-refractivity contribution in [2.24, 2.45) is 5.92 Å².